The first kappa shape index (κ1) is 25.6. The first-order valence-electron chi connectivity index (χ1n) is 11.9. The molecule has 13 heteroatoms. The lowest BCUT2D eigenvalue weighted by atomic mass is 9.96. The molecule has 0 bridgehead atoms. The number of carbonyl (C=O) groups excluding carboxylic acids is 2. The van der Waals surface area contributed by atoms with Gasteiger partial charge in [0.1, 0.15) is 23.2 Å². The summed E-state index contributed by atoms with van der Waals surface area (Å²) < 4.78 is 28.2. The maximum atomic E-state index is 15.1. The van der Waals surface area contributed by atoms with Gasteiger partial charge in [-0.25, -0.2) is 13.9 Å². The lowest BCUT2D eigenvalue weighted by molar-refractivity contribution is -0.147. The smallest absolute Gasteiger partial charge is 0.252 e. The van der Waals surface area contributed by atoms with Gasteiger partial charge in [-0.05, 0) is 38.1 Å². The summed E-state index contributed by atoms with van der Waals surface area (Å²) in [7, 11) is -0.838. The molecule has 2 fully saturated rings. The van der Waals surface area contributed by atoms with Gasteiger partial charge in [-0.2, -0.15) is 5.10 Å². The largest absolute Gasteiger partial charge is 0.382 e. The van der Waals surface area contributed by atoms with E-state index >= 15 is 4.39 Å². The molecule has 2 saturated heterocycles. The predicted molar refractivity (Wildman–Crippen MR) is 140 cm³/mol. The summed E-state index contributed by atoms with van der Waals surface area (Å²) in [6, 6.07) is 6.11. The van der Waals surface area contributed by atoms with Crippen LogP contribution in [0.4, 0.5) is 15.9 Å². The van der Waals surface area contributed by atoms with E-state index in [0.717, 1.165) is 0 Å². The number of anilines is 2. The third-order valence-electron chi connectivity index (χ3n) is 6.99. The summed E-state index contributed by atoms with van der Waals surface area (Å²) in [4.78, 5) is 35.6. The highest BCUT2D eigenvalue weighted by Crippen LogP contribution is 2.35. The second-order valence-corrected chi connectivity index (χ2v) is 11.7. The molecule has 1 aromatic carbocycles. The van der Waals surface area contributed by atoms with Crippen molar-refractivity contribution in [1.82, 2.24) is 24.4 Å². The Morgan fingerprint density at radius 1 is 1.19 bits per heavy atom. The predicted octanol–water partition coefficient (Wildman–Crippen LogP) is 1.79. The molecule has 0 spiro atoms. The number of rotatable bonds is 4. The van der Waals surface area contributed by atoms with E-state index in [9.17, 15) is 13.8 Å². The Kier molecular flexibility index (Phi) is 6.67. The minimum Gasteiger partial charge on any atom is -0.382 e. The summed E-state index contributed by atoms with van der Waals surface area (Å²) in [6.07, 6.45) is 1.30. The van der Waals surface area contributed by atoms with Crippen molar-refractivity contribution in [2.24, 2.45) is 0 Å². The van der Waals surface area contributed by atoms with Crippen molar-refractivity contribution in [1.29, 1.82) is 0 Å². The molecule has 10 nitrogen and oxygen atoms in total. The fraction of sp³-hybridized carbons (Fsp3) is 0.417. The van der Waals surface area contributed by atoms with Crippen LogP contribution in [0.5, 0.6) is 0 Å². The van der Waals surface area contributed by atoms with Crippen molar-refractivity contribution in [3.63, 3.8) is 0 Å². The minimum atomic E-state index is -1.18. The molecule has 3 aromatic rings. The van der Waals surface area contributed by atoms with Gasteiger partial charge in [0, 0.05) is 54.0 Å². The van der Waals surface area contributed by atoms with Crippen molar-refractivity contribution >= 4 is 51.2 Å². The molecule has 0 aliphatic carbocycles. The normalized spacial score (nSPS) is 19.1. The summed E-state index contributed by atoms with van der Waals surface area (Å²) in [5.74, 6) is 0.178. The zero-order valence-corrected chi connectivity index (χ0v) is 22.1. The molecule has 5 rings (SSSR count). The van der Waals surface area contributed by atoms with Crippen LogP contribution in [0.15, 0.2) is 30.6 Å². The van der Waals surface area contributed by atoms with E-state index in [1.165, 1.54) is 21.8 Å². The van der Waals surface area contributed by atoms with E-state index in [-0.39, 0.29) is 43.0 Å². The third kappa shape index (κ3) is 4.57. The maximum Gasteiger partial charge on any atom is 0.252 e. The van der Waals surface area contributed by atoms with Crippen LogP contribution in [0.1, 0.15) is 13.8 Å². The van der Waals surface area contributed by atoms with Gasteiger partial charge in [0.25, 0.3) is 5.91 Å². The van der Waals surface area contributed by atoms with Crippen molar-refractivity contribution in [3.05, 3.63) is 41.4 Å². The first-order valence-corrected chi connectivity index (χ1v) is 13.7. The quantitative estimate of drug-likeness (QED) is 0.529. The summed E-state index contributed by atoms with van der Waals surface area (Å²) in [5.41, 5.74) is 6.47. The third-order valence-corrected chi connectivity index (χ3v) is 8.55. The van der Waals surface area contributed by atoms with Gasteiger partial charge < -0.3 is 15.5 Å². The van der Waals surface area contributed by atoms with Gasteiger partial charge in [0.2, 0.25) is 5.91 Å². The van der Waals surface area contributed by atoms with E-state index in [1.807, 2.05) is 4.90 Å². The summed E-state index contributed by atoms with van der Waals surface area (Å²) in [6.45, 7) is 5.07. The average molecular weight is 548 g/mol. The number of hydrogen-bond donors (Lipinski definition) is 1. The van der Waals surface area contributed by atoms with Crippen LogP contribution in [0, 0.1) is 5.82 Å². The molecule has 2 aromatic heterocycles. The van der Waals surface area contributed by atoms with Gasteiger partial charge in [-0.1, -0.05) is 11.6 Å². The molecule has 196 valence electrons. The first-order chi connectivity index (χ1) is 17.6. The van der Waals surface area contributed by atoms with Crippen molar-refractivity contribution < 1.29 is 18.2 Å². The molecule has 2 aliphatic rings. The van der Waals surface area contributed by atoms with Crippen LogP contribution in [-0.4, -0.2) is 90.2 Å². The molecule has 0 saturated carbocycles. The second-order valence-electron chi connectivity index (χ2n) is 9.63. The Labute approximate surface area is 220 Å². The number of carbonyl (C=O) groups is 2. The zero-order valence-electron chi connectivity index (χ0n) is 20.5. The van der Waals surface area contributed by atoms with Crippen molar-refractivity contribution in [3.8, 4) is 11.3 Å². The fourth-order valence-electron chi connectivity index (χ4n) is 4.91. The molecule has 4 heterocycles. The van der Waals surface area contributed by atoms with Crippen molar-refractivity contribution in [2.45, 2.75) is 19.4 Å². The summed E-state index contributed by atoms with van der Waals surface area (Å²) >= 11 is 6.36. The Morgan fingerprint density at radius 2 is 1.92 bits per heavy atom. The molecule has 0 radical (unpaired) electrons. The van der Waals surface area contributed by atoms with E-state index in [0.29, 0.717) is 46.4 Å². The van der Waals surface area contributed by atoms with Crippen LogP contribution in [0.2, 0.25) is 5.02 Å². The summed E-state index contributed by atoms with van der Waals surface area (Å²) in [5, 5.41) is 4.58. The molecule has 2 aliphatic heterocycles. The number of hydrogen-bond acceptors (Lipinski definition) is 7. The molecular weight excluding hydrogens is 521 g/mol. The van der Waals surface area contributed by atoms with Crippen LogP contribution >= 0.6 is 11.6 Å². The number of fused-ring (bicyclic) bond motifs is 1. The van der Waals surface area contributed by atoms with E-state index < -0.39 is 22.2 Å². The highest BCUT2D eigenvalue weighted by Gasteiger charge is 2.45. The Balaban J connectivity index is 1.41. The highest BCUT2D eigenvalue weighted by molar-refractivity contribution is 7.85. The SMILES string of the molecule is CC1(C)C(=O)N(c2cc(-c3cc(Cl)c4c(N)ncnn34)ccc2F)CCN1C(=O)CN1CCS(=O)CC1. The van der Waals surface area contributed by atoms with Crippen LogP contribution in [-0.2, 0) is 20.4 Å². The van der Waals surface area contributed by atoms with Gasteiger partial charge >= 0.3 is 0 Å². The molecule has 0 atom stereocenters. The Morgan fingerprint density at radius 3 is 2.65 bits per heavy atom. The van der Waals surface area contributed by atoms with Crippen LogP contribution in [0.25, 0.3) is 16.8 Å². The van der Waals surface area contributed by atoms with Gasteiger partial charge in [-0.15, -0.1) is 0 Å². The topological polar surface area (TPSA) is 117 Å². The lowest BCUT2D eigenvalue weighted by Gasteiger charge is -2.46. The zero-order chi connectivity index (χ0) is 26.5. The monoisotopic (exact) mass is 547 g/mol. The molecule has 2 N–H and O–H groups in total. The van der Waals surface area contributed by atoms with Crippen LogP contribution < -0.4 is 10.6 Å². The van der Waals surface area contributed by atoms with Gasteiger partial charge in [0.15, 0.2) is 5.82 Å². The Bertz CT molecular complexity index is 1420. The number of nitrogen functional groups attached to an aromatic ring is 1. The number of aromatic nitrogens is 3. The Hall–Kier alpha value is -3.09. The fourth-order valence-corrected chi connectivity index (χ4v) is 6.32. The number of piperazine rings is 1. The van der Waals surface area contributed by atoms with Gasteiger partial charge in [-0.3, -0.25) is 18.7 Å². The standard InChI is InChI=1S/C24H27ClFN7O3S/c1-24(2)23(35)31(5-6-32(24)20(34)13-30-7-9-37(36)10-8-30)19-11-15(3-4-17(19)26)18-12-16(25)21-22(27)28-14-29-33(18)21/h3-4,11-12,14H,5-10,13H2,1-2H3,(H2,27,28,29). The number of nitrogens with zero attached hydrogens (tertiary/aromatic N) is 6. The number of halogens is 2. The number of nitrogens with two attached hydrogens (primary N) is 1. The average Bonchev–Trinajstić information content (AvgIpc) is 3.20. The van der Waals surface area contributed by atoms with E-state index in [4.69, 9.17) is 17.3 Å². The molecule has 2 amide bonds. The lowest BCUT2D eigenvalue weighted by Crippen LogP contribution is -2.66. The van der Waals surface area contributed by atoms with Crippen LogP contribution in [0.3, 0.4) is 0 Å². The molecule has 37 heavy (non-hydrogen) atoms. The van der Waals surface area contributed by atoms with Crippen molar-refractivity contribution in [2.75, 3.05) is 54.9 Å². The number of amides is 2. The highest BCUT2D eigenvalue weighted by atomic mass is 35.5. The number of benzene rings is 1. The maximum absolute atomic E-state index is 15.1. The van der Waals surface area contributed by atoms with E-state index in [2.05, 4.69) is 10.1 Å². The van der Waals surface area contributed by atoms with E-state index in [1.54, 1.807) is 36.9 Å². The second kappa shape index (κ2) is 9.66. The molecular formula is C24H27ClFN7O3S. The minimum absolute atomic E-state index is 0.106. The molecule has 0 unspecified atom stereocenters. The van der Waals surface area contributed by atoms with Gasteiger partial charge in [0.05, 0.1) is 22.9 Å².